The molecule has 15 heteroatoms. The van der Waals surface area contributed by atoms with E-state index in [1.807, 2.05) is 77.3 Å². The maximum absolute atomic E-state index is 4.87. The van der Waals surface area contributed by atoms with Crippen molar-refractivity contribution in [2.75, 3.05) is 51.6 Å². The maximum Gasteiger partial charge on any atom is 0.135 e. The molecular weight excluding hydrogens is 667 g/mol. The van der Waals surface area contributed by atoms with Crippen molar-refractivity contribution in [3.63, 3.8) is 0 Å². The van der Waals surface area contributed by atoms with Crippen molar-refractivity contribution in [1.82, 2.24) is 4.90 Å². The summed E-state index contributed by atoms with van der Waals surface area (Å²) in [5.74, 6) is 0. The van der Waals surface area contributed by atoms with E-state index >= 15 is 0 Å². The highest BCUT2D eigenvalue weighted by Crippen LogP contribution is 2.24. The van der Waals surface area contributed by atoms with Gasteiger partial charge in [-0.25, -0.2) is 0 Å². The zero-order valence-corrected chi connectivity index (χ0v) is 31.6. The summed E-state index contributed by atoms with van der Waals surface area (Å²) in [5.41, 5.74) is 0. The van der Waals surface area contributed by atoms with Crippen LogP contribution in [0.5, 0.6) is 0 Å². The lowest BCUT2D eigenvalue weighted by atomic mass is 11.0. The van der Waals surface area contributed by atoms with Gasteiger partial charge in [-0.15, -0.1) is 70.6 Å². The van der Waals surface area contributed by atoms with E-state index in [4.69, 9.17) is 61.1 Å². The van der Waals surface area contributed by atoms with Crippen molar-refractivity contribution in [2.24, 2.45) is 0 Å². The molecule has 0 N–H and O–H groups in total. The third-order valence-corrected chi connectivity index (χ3v) is 13.2. The normalized spacial score (nSPS) is 8.34. The molecule has 0 aliphatic rings. The molecule has 0 aliphatic heterocycles. The molecule has 0 aliphatic carbocycles. The van der Waals surface area contributed by atoms with Gasteiger partial charge in [-0.05, 0) is 79.9 Å². The van der Waals surface area contributed by atoms with Crippen LogP contribution in [0.3, 0.4) is 0 Å². The second-order valence-electron chi connectivity index (χ2n) is 4.53. The zero-order valence-electron chi connectivity index (χ0n) is 20.2. The summed E-state index contributed by atoms with van der Waals surface area (Å²) >= 11 is 38.4. The summed E-state index contributed by atoms with van der Waals surface area (Å²) in [6.07, 6.45) is 11.9. The van der Waals surface area contributed by atoms with Gasteiger partial charge >= 0.3 is 0 Å². The molecule has 0 rings (SSSR count). The monoisotopic (exact) mass is 699 g/mol. The first kappa shape index (κ1) is 45.1. The summed E-state index contributed by atoms with van der Waals surface area (Å²) in [5, 5.41) is 0. The largest absolute Gasteiger partial charge is 0.364 e. The van der Waals surface area contributed by atoms with Crippen molar-refractivity contribution in [2.45, 2.75) is 20.8 Å². The van der Waals surface area contributed by atoms with E-state index in [2.05, 4.69) is 12.2 Å². The highest BCUT2D eigenvalue weighted by molar-refractivity contribution is 8.89. The summed E-state index contributed by atoms with van der Waals surface area (Å²) in [4.78, 5) is 1.92. The number of hydrogen-bond acceptors (Lipinski definition) is 14. The molecule has 0 aromatic heterocycles. The molecule has 1 nitrogen and oxygen atoms in total. The Hall–Kier alpha value is 3.14. The van der Waals surface area contributed by atoms with Crippen molar-refractivity contribution in [1.29, 1.82) is 0 Å². The fraction of sp³-hybridized carbons (Fsp3) is 0.647. The average molecular weight is 700 g/mol. The van der Waals surface area contributed by atoms with Gasteiger partial charge in [-0.1, -0.05) is 73.3 Å². The van der Waals surface area contributed by atoms with Crippen molar-refractivity contribution in [3.8, 4) is 0 Å². The van der Waals surface area contributed by atoms with E-state index in [9.17, 15) is 0 Å². The van der Waals surface area contributed by atoms with Gasteiger partial charge in [-0.2, -0.15) is 0 Å². The van der Waals surface area contributed by atoms with Gasteiger partial charge in [0.1, 0.15) is 11.4 Å². The van der Waals surface area contributed by atoms with E-state index in [1.165, 1.54) is 0 Å². The molecule has 0 fully saturated rings. The molecule has 32 heavy (non-hydrogen) atoms. The quantitative estimate of drug-likeness (QED) is 0.174. The SMILES string of the molecule is CC(=S)SSC(C)=S.CSC(=S)N(C)C.CSC(=S)SC.CSC(=S)SC.CSC(C)=S. The van der Waals surface area contributed by atoms with Gasteiger partial charge in [0, 0.05) is 18.3 Å². The van der Waals surface area contributed by atoms with E-state index in [0.29, 0.717) is 0 Å². The number of hydrogen-bond donors (Lipinski definition) is 0. The first-order valence-corrected chi connectivity index (χ1v) is 20.0. The molecular formula is C17H33NS14. The van der Waals surface area contributed by atoms with E-state index < -0.39 is 0 Å². The van der Waals surface area contributed by atoms with Crippen LogP contribution in [0.1, 0.15) is 20.8 Å². The molecule has 0 aromatic rings. The first-order valence-electron chi connectivity index (χ1n) is 8.09. The van der Waals surface area contributed by atoms with Gasteiger partial charge in [-0.3, -0.25) is 0 Å². The Morgan fingerprint density at radius 3 is 0.750 bits per heavy atom. The Balaban J connectivity index is -0.0000000958. The van der Waals surface area contributed by atoms with Gasteiger partial charge in [0.15, 0.2) is 0 Å². The minimum Gasteiger partial charge on any atom is -0.364 e. The van der Waals surface area contributed by atoms with E-state index in [0.717, 1.165) is 24.0 Å². The molecule has 0 saturated carbocycles. The topological polar surface area (TPSA) is 3.24 Å². The van der Waals surface area contributed by atoms with Gasteiger partial charge in [0.05, 0.1) is 8.39 Å². The van der Waals surface area contributed by atoms with Crippen LogP contribution in [0.15, 0.2) is 0 Å². The van der Waals surface area contributed by atoms with E-state index in [-0.39, 0.29) is 0 Å². The fourth-order valence-corrected chi connectivity index (χ4v) is 3.72. The Morgan fingerprint density at radius 1 is 0.469 bits per heavy atom. The third-order valence-electron chi connectivity index (χ3n) is 1.77. The Morgan fingerprint density at radius 2 is 0.719 bits per heavy atom. The molecule has 0 saturated heterocycles. The molecule has 0 radical (unpaired) electrons. The predicted molar refractivity (Wildman–Crippen MR) is 203 cm³/mol. The molecule has 0 spiro atoms. The summed E-state index contributed by atoms with van der Waals surface area (Å²) < 4.78 is 5.81. The number of nitrogens with zero attached hydrogens (tertiary/aromatic N) is 1. The predicted octanol–water partition coefficient (Wildman–Crippen LogP) is 9.95. The van der Waals surface area contributed by atoms with Crippen LogP contribution in [0.25, 0.3) is 0 Å². The molecule has 0 heterocycles. The summed E-state index contributed by atoms with van der Waals surface area (Å²) in [7, 11) is 6.98. The van der Waals surface area contributed by atoms with Crippen molar-refractivity contribution < 1.29 is 0 Å². The molecule has 0 atom stereocenters. The lowest BCUT2D eigenvalue weighted by molar-refractivity contribution is 0.648. The number of rotatable bonds is 0. The van der Waals surface area contributed by atoms with Gasteiger partial charge in [0.25, 0.3) is 0 Å². The fourth-order valence-electron chi connectivity index (χ4n) is 0.467. The smallest absolute Gasteiger partial charge is 0.135 e. The van der Waals surface area contributed by atoms with Gasteiger partial charge < -0.3 is 4.90 Å². The Kier molecular flexibility index (Phi) is 51.1. The van der Waals surface area contributed by atoms with Crippen molar-refractivity contribution in [3.05, 3.63) is 0 Å². The minimum absolute atomic E-state index is 0.930. The van der Waals surface area contributed by atoms with Crippen LogP contribution in [0, 0.1) is 0 Å². The minimum atomic E-state index is 0.930. The second kappa shape index (κ2) is 36.3. The summed E-state index contributed by atoms with van der Waals surface area (Å²) in [6.45, 7) is 5.70. The molecule has 0 bridgehead atoms. The number of thioether (sulfide) groups is 6. The van der Waals surface area contributed by atoms with Crippen LogP contribution >= 0.6 is 165 Å². The van der Waals surface area contributed by atoms with Gasteiger partial charge in [0.2, 0.25) is 0 Å². The first-order chi connectivity index (χ1) is 14.7. The lowest BCUT2D eigenvalue weighted by Crippen LogP contribution is -2.15. The van der Waals surface area contributed by atoms with Crippen LogP contribution in [0.4, 0.5) is 0 Å². The van der Waals surface area contributed by atoms with Crippen LogP contribution in [-0.4, -0.2) is 80.5 Å². The lowest BCUT2D eigenvalue weighted by Gasteiger charge is -2.08. The molecule has 0 amide bonds. The molecule has 0 aromatic carbocycles. The highest BCUT2D eigenvalue weighted by atomic mass is 33.1. The third kappa shape index (κ3) is 58.7. The van der Waals surface area contributed by atoms with E-state index in [1.54, 1.807) is 92.2 Å². The van der Waals surface area contributed by atoms with Crippen LogP contribution in [0.2, 0.25) is 0 Å². The second-order valence-corrected chi connectivity index (χ2v) is 17.8. The molecule has 190 valence electrons. The standard InChI is InChI=1S/C4H9NS2.C4H6S4.2C3H6S3.C3H6S2/c1-5(2)4(6)7-3;1-3(5)7-8-4(2)6;2*1-5-3(4)6-2;1-3(4)5-2/h1-3H3;1-2H3;2*1-2H3;1-2H3. The maximum atomic E-state index is 4.87. The summed E-state index contributed by atoms with van der Waals surface area (Å²) in [6, 6.07) is 0. The Labute approximate surface area is 263 Å². The molecule has 0 unspecified atom stereocenters. The van der Waals surface area contributed by atoms with Crippen LogP contribution < -0.4 is 0 Å². The Bertz CT molecular complexity index is 491. The van der Waals surface area contributed by atoms with Crippen LogP contribution in [-0.2, 0) is 0 Å². The number of thiocarbonyl (C=S) groups is 6. The average Bonchev–Trinajstić information content (AvgIpc) is 2.77. The highest BCUT2D eigenvalue weighted by Gasteiger charge is 1.91. The zero-order chi connectivity index (χ0) is 26.7. The van der Waals surface area contributed by atoms with Crippen molar-refractivity contribution >= 4 is 189 Å².